The number of rotatable bonds is 2. The van der Waals surface area contributed by atoms with E-state index < -0.39 is 0 Å². The molecule has 0 amide bonds. The van der Waals surface area contributed by atoms with Crippen molar-refractivity contribution in [3.05, 3.63) is 16.3 Å². The van der Waals surface area contributed by atoms with E-state index in [4.69, 9.17) is 9.97 Å². The van der Waals surface area contributed by atoms with Crippen molar-refractivity contribution < 1.29 is 0 Å². The van der Waals surface area contributed by atoms with Crippen LogP contribution in [0.25, 0.3) is 10.2 Å². The monoisotopic (exact) mass is 301 g/mol. The molecule has 0 radical (unpaired) electrons. The van der Waals surface area contributed by atoms with E-state index in [9.17, 15) is 0 Å². The van der Waals surface area contributed by atoms with Crippen LogP contribution in [-0.4, -0.2) is 23.1 Å². The van der Waals surface area contributed by atoms with Gasteiger partial charge >= 0.3 is 0 Å². The fourth-order valence-corrected chi connectivity index (χ4v) is 4.90. The normalized spacial score (nSPS) is 19.4. The number of hydrogen-bond donors (Lipinski definition) is 0. The molecule has 0 spiro atoms. The summed E-state index contributed by atoms with van der Waals surface area (Å²) >= 11 is 1.92. The van der Waals surface area contributed by atoms with Crippen molar-refractivity contribution in [1.82, 2.24) is 9.97 Å². The van der Waals surface area contributed by atoms with Crippen LogP contribution in [0.3, 0.4) is 0 Å². The van der Waals surface area contributed by atoms with E-state index in [1.165, 1.54) is 48.1 Å². The van der Waals surface area contributed by atoms with Crippen molar-refractivity contribution in [3.63, 3.8) is 0 Å². The summed E-state index contributed by atoms with van der Waals surface area (Å²) in [6.07, 6.45) is 7.28. The lowest BCUT2D eigenvalue weighted by atomic mass is 9.99. The zero-order valence-corrected chi connectivity index (χ0v) is 13.8. The van der Waals surface area contributed by atoms with E-state index in [2.05, 4.69) is 18.7 Å². The Morgan fingerprint density at radius 3 is 2.76 bits per heavy atom. The summed E-state index contributed by atoms with van der Waals surface area (Å²) < 4.78 is 0. The molecule has 112 valence electrons. The number of nitrogens with zero attached hydrogens (tertiary/aromatic N) is 3. The Labute approximate surface area is 130 Å². The smallest absolute Gasteiger partial charge is 0.141 e. The maximum atomic E-state index is 4.94. The van der Waals surface area contributed by atoms with E-state index in [1.807, 2.05) is 11.3 Å². The van der Waals surface area contributed by atoms with Crippen LogP contribution >= 0.6 is 11.3 Å². The summed E-state index contributed by atoms with van der Waals surface area (Å²) in [5, 5.41) is 1.39. The Bertz CT molecular complexity index is 668. The summed E-state index contributed by atoms with van der Waals surface area (Å²) in [5.74, 6) is 3.11. The van der Waals surface area contributed by atoms with Gasteiger partial charge in [-0.05, 0) is 43.6 Å². The van der Waals surface area contributed by atoms with Crippen LogP contribution in [0, 0.1) is 5.92 Å². The van der Waals surface area contributed by atoms with Crippen molar-refractivity contribution in [1.29, 1.82) is 0 Å². The van der Waals surface area contributed by atoms with E-state index in [0.717, 1.165) is 31.3 Å². The number of aromatic nitrogens is 2. The van der Waals surface area contributed by atoms with Gasteiger partial charge in [0.05, 0.1) is 5.39 Å². The molecule has 21 heavy (non-hydrogen) atoms. The molecule has 1 aliphatic carbocycles. The summed E-state index contributed by atoms with van der Waals surface area (Å²) in [6.45, 7) is 6.83. The van der Waals surface area contributed by atoms with Gasteiger partial charge in [-0.2, -0.15) is 0 Å². The third-order valence-electron chi connectivity index (χ3n) is 4.99. The first kappa shape index (κ1) is 13.5. The Balaban J connectivity index is 1.85. The third-order valence-corrected chi connectivity index (χ3v) is 6.18. The van der Waals surface area contributed by atoms with Gasteiger partial charge in [-0.3, -0.25) is 0 Å². The minimum Gasteiger partial charge on any atom is -0.356 e. The number of thiophene rings is 1. The maximum absolute atomic E-state index is 4.94. The van der Waals surface area contributed by atoms with Crippen LogP contribution in [0.1, 0.15) is 49.4 Å². The lowest BCUT2D eigenvalue weighted by Crippen LogP contribution is -2.33. The highest BCUT2D eigenvalue weighted by Crippen LogP contribution is 2.41. The molecular weight excluding hydrogens is 278 g/mol. The molecule has 0 aromatic carbocycles. The zero-order valence-electron chi connectivity index (χ0n) is 13.0. The first-order chi connectivity index (χ1) is 10.3. The van der Waals surface area contributed by atoms with Crippen molar-refractivity contribution in [2.75, 3.05) is 18.0 Å². The van der Waals surface area contributed by atoms with Gasteiger partial charge in [0.1, 0.15) is 16.5 Å². The third kappa shape index (κ3) is 2.24. The van der Waals surface area contributed by atoms with Crippen LogP contribution in [0.5, 0.6) is 0 Å². The SMILES string of the molecule is CCc1nc(N2CCC(C)CC2)c2c3c(sc2n1)CCC3. The standard InChI is InChI=1S/C17H23N3S/c1-3-14-18-16(20-9-7-11(2)8-10-20)15-12-5-4-6-13(12)21-17(15)19-14/h11H,3-10H2,1-2H3. The number of anilines is 1. The largest absolute Gasteiger partial charge is 0.356 e. The van der Waals surface area contributed by atoms with Gasteiger partial charge in [-0.25, -0.2) is 9.97 Å². The Morgan fingerprint density at radius 1 is 1.19 bits per heavy atom. The summed E-state index contributed by atoms with van der Waals surface area (Å²) in [5.41, 5.74) is 1.56. The second-order valence-corrected chi connectivity index (χ2v) is 7.61. The number of aryl methyl sites for hydroxylation is 3. The van der Waals surface area contributed by atoms with Gasteiger partial charge in [-0.15, -0.1) is 11.3 Å². The number of hydrogen-bond acceptors (Lipinski definition) is 4. The molecule has 2 aliphatic rings. The molecule has 0 bridgehead atoms. The molecule has 1 saturated heterocycles. The predicted molar refractivity (Wildman–Crippen MR) is 89.4 cm³/mol. The molecule has 3 nitrogen and oxygen atoms in total. The van der Waals surface area contributed by atoms with Crippen molar-refractivity contribution >= 4 is 27.4 Å². The number of piperidine rings is 1. The lowest BCUT2D eigenvalue weighted by Gasteiger charge is -2.32. The quantitative estimate of drug-likeness (QED) is 0.840. The molecule has 0 atom stereocenters. The van der Waals surface area contributed by atoms with E-state index in [-0.39, 0.29) is 0 Å². The van der Waals surface area contributed by atoms with Gasteiger partial charge in [0, 0.05) is 24.4 Å². The molecule has 1 aliphatic heterocycles. The summed E-state index contributed by atoms with van der Waals surface area (Å²) in [6, 6.07) is 0. The zero-order chi connectivity index (χ0) is 14.4. The van der Waals surface area contributed by atoms with Crippen LogP contribution in [0.4, 0.5) is 5.82 Å². The fourth-order valence-electron chi connectivity index (χ4n) is 3.63. The van der Waals surface area contributed by atoms with Gasteiger partial charge in [-0.1, -0.05) is 13.8 Å². The van der Waals surface area contributed by atoms with Gasteiger partial charge in [0.2, 0.25) is 0 Å². The molecular formula is C17H23N3S. The van der Waals surface area contributed by atoms with Crippen LogP contribution < -0.4 is 4.90 Å². The predicted octanol–water partition coefficient (Wildman–Crippen LogP) is 3.98. The van der Waals surface area contributed by atoms with Gasteiger partial charge in [0.15, 0.2) is 0 Å². The van der Waals surface area contributed by atoms with E-state index in [0.29, 0.717) is 0 Å². The molecule has 0 N–H and O–H groups in total. The van der Waals surface area contributed by atoms with Crippen LogP contribution in [0.2, 0.25) is 0 Å². The summed E-state index contributed by atoms with van der Waals surface area (Å²) in [7, 11) is 0. The fraction of sp³-hybridized carbons (Fsp3) is 0.647. The van der Waals surface area contributed by atoms with E-state index in [1.54, 1.807) is 10.4 Å². The molecule has 4 rings (SSSR count). The first-order valence-electron chi connectivity index (χ1n) is 8.32. The highest BCUT2D eigenvalue weighted by Gasteiger charge is 2.26. The number of fused-ring (bicyclic) bond motifs is 3. The average molecular weight is 301 g/mol. The van der Waals surface area contributed by atoms with Gasteiger partial charge < -0.3 is 4.90 Å². The second kappa shape index (κ2) is 5.24. The van der Waals surface area contributed by atoms with Crippen molar-refractivity contribution in [2.45, 2.75) is 52.4 Å². The first-order valence-corrected chi connectivity index (χ1v) is 9.14. The molecule has 3 heterocycles. The highest BCUT2D eigenvalue weighted by atomic mass is 32.1. The molecule has 2 aromatic heterocycles. The minimum atomic E-state index is 0.859. The lowest BCUT2D eigenvalue weighted by molar-refractivity contribution is 0.437. The second-order valence-electron chi connectivity index (χ2n) is 6.52. The van der Waals surface area contributed by atoms with Gasteiger partial charge in [0.25, 0.3) is 0 Å². The summed E-state index contributed by atoms with van der Waals surface area (Å²) in [4.78, 5) is 15.1. The molecule has 2 aromatic rings. The maximum Gasteiger partial charge on any atom is 0.141 e. The minimum absolute atomic E-state index is 0.859. The van der Waals surface area contributed by atoms with Crippen LogP contribution in [-0.2, 0) is 19.3 Å². The Morgan fingerprint density at radius 2 is 2.00 bits per heavy atom. The Kier molecular flexibility index (Phi) is 3.37. The topological polar surface area (TPSA) is 29.0 Å². The van der Waals surface area contributed by atoms with Crippen molar-refractivity contribution in [2.24, 2.45) is 5.92 Å². The molecule has 0 saturated carbocycles. The molecule has 0 unspecified atom stereocenters. The van der Waals surface area contributed by atoms with Crippen molar-refractivity contribution in [3.8, 4) is 0 Å². The van der Waals surface area contributed by atoms with E-state index >= 15 is 0 Å². The Hall–Kier alpha value is -1.16. The van der Waals surface area contributed by atoms with Crippen LogP contribution in [0.15, 0.2) is 0 Å². The molecule has 1 fully saturated rings. The highest BCUT2D eigenvalue weighted by molar-refractivity contribution is 7.19. The average Bonchev–Trinajstić information content (AvgIpc) is 3.07. The molecule has 4 heteroatoms.